The zero-order chi connectivity index (χ0) is 12.4. The summed E-state index contributed by atoms with van der Waals surface area (Å²) in [6.45, 7) is 2.18. The Balaban J connectivity index is 1.48. The molecular formula is C14H18ClNO2. The van der Waals surface area contributed by atoms with Crippen LogP contribution >= 0.6 is 11.6 Å². The Morgan fingerprint density at radius 1 is 1.28 bits per heavy atom. The Kier molecular flexibility index (Phi) is 3.62. The minimum absolute atomic E-state index is 0.271. The first-order chi connectivity index (χ1) is 8.83. The van der Waals surface area contributed by atoms with E-state index in [9.17, 15) is 0 Å². The maximum Gasteiger partial charge on any atom is 0.231 e. The first-order valence-electron chi connectivity index (χ1n) is 6.61. The summed E-state index contributed by atoms with van der Waals surface area (Å²) in [7, 11) is 0. The van der Waals surface area contributed by atoms with E-state index >= 15 is 0 Å². The molecule has 1 heterocycles. The fraction of sp³-hybridized carbons (Fsp3) is 0.571. The van der Waals surface area contributed by atoms with Crippen molar-refractivity contribution in [3.63, 3.8) is 0 Å². The van der Waals surface area contributed by atoms with Crippen LogP contribution in [0.4, 0.5) is 0 Å². The average molecular weight is 268 g/mol. The van der Waals surface area contributed by atoms with E-state index in [1.54, 1.807) is 0 Å². The van der Waals surface area contributed by atoms with Crippen molar-refractivity contribution in [2.45, 2.75) is 32.2 Å². The SMILES string of the molecule is Clc1cc(CNCCCC2CC2)cc2c1OCO2. The van der Waals surface area contributed by atoms with Crippen molar-refractivity contribution in [1.29, 1.82) is 0 Å². The lowest BCUT2D eigenvalue weighted by molar-refractivity contribution is 0.174. The van der Waals surface area contributed by atoms with E-state index in [1.807, 2.05) is 12.1 Å². The minimum atomic E-state index is 0.271. The van der Waals surface area contributed by atoms with Crippen molar-refractivity contribution >= 4 is 11.6 Å². The quantitative estimate of drug-likeness (QED) is 0.802. The van der Waals surface area contributed by atoms with E-state index in [0.29, 0.717) is 10.8 Å². The number of hydrogen-bond acceptors (Lipinski definition) is 3. The first-order valence-corrected chi connectivity index (χ1v) is 6.99. The second-order valence-corrected chi connectivity index (χ2v) is 5.48. The lowest BCUT2D eigenvalue weighted by Gasteiger charge is -2.07. The third-order valence-corrected chi connectivity index (χ3v) is 3.76. The first kappa shape index (κ1) is 12.1. The molecule has 1 aromatic carbocycles. The van der Waals surface area contributed by atoms with Crippen LogP contribution in [0.2, 0.25) is 5.02 Å². The second-order valence-electron chi connectivity index (χ2n) is 5.07. The maximum absolute atomic E-state index is 6.13. The molecule has 1 aliphatic heterocycles. The summed E-state index contributed by atoms with van der Waals surface area (Å²) in [5.41, 5.74) is 1.15. The van der Waals surface area contributed by atoms with Crippen LogP contribution in [0.5, 0.6) is 11.5 Å². The van der Waals surface area contributed by atoms with Crippen LogP contribution in [-0.4, -0.2) is 13.3 Å². The van der Waals surface area contributed by atoms with E-state index < -0.39 is 0 Å². The Labute approximate surface area is 112 Å². The van der Waals surface area contributed by atoms with E-state index in [4.69, 9.17) is 21.1 Å². The van der Waals surface area contributed by atoms with Gasteiger partial charge in [-0.05, 0) is 43.0 Å². The summed E-state index contributed by atoms with van der Waals surface area (Å²) in [6, 6.07) is 3.95. The van der Waals surface area contributed by atoms with Crippen LogP contribution in [0.15, 0.2) is 12.1 Å². The normalized spacial score (nSPS) is 17.2. The summed E-state index contributed by atoms with van der Waals surface area (Å²) in [5, 5.41) is 4.09. The highest BCUT2D eigenvalue weighted by atomic mass is 35.5. The number of ether oxygens (including phenoxy) is 2. The molecule has 0 amide bonds. The molecule has 1 aliphatic carbocycles. The van der Waals surface area contributed by atoms with E-state index in [-0.39, 0.29) is 6.79 Å². The van der Waals surface area contributed by atoms with Crippen molar-refractivity contribution < 1.29 is 9.47 Å². The molecular weight excluding hydrogens is 250 g/mol. The van der Waals surface area contributed by atoms with Gasteiger partial charge in [0.15, 0.2) is 11.5 Å². The van der Waals surface area contributed by atoms with Crippen LogP contribution in [0, 0.1) is 5.92 Å². The predicted molar refractivity (Wildman–Crippen MR) is 71.2 cm³/mol. The molecule has 0 spiro atoms. The Morgan fingerprint density at radius 3 is 3.00 bits per heavy atom. The molecule has 1 fully saturated rings. The molecule has 98 valence electrons. The van der Waals surface area contributed by atoms with Gasteiger partial charge in [0.1, 0.15) is 0 Å². The van der Waals surface area contributed by atoms with Gasteiger partial charge in [0.05, 0.1) is 5.02 Å². The molecule has 0 unspecified atom stereocenters. The predicted octanol–water partition coefficient (Wildman–Crippen LogP) is 3.35. The molecule has 0 bridgehead atoms. The summed E-state index contributed by atoms with van der Waals surface area (Å²) in [6.07, 6.45) is 5.52. The number of rotatable bonds is 6. The van der Waals surface area contributed by atoms with Gasteiger partial charge in [-0.1, -0.05) is 24.4 Å². The summed E-state index contributed by atoms with van der Waals surface area (Å²) in [4.78, 5) is 0. The Morgan fingerprint density at radius 2 is 2.17 bits per heavy atom. The van der Waals surface area contributed by atoms with Gasteiger partial charge < -0.3 is 14.8 Å². The van der Waals surface area contributed by atoms with Gasteiger partial charge in [0.2, 0.25) is 6.79 Å². The van der Waals surface area contributed by atoms with E-state index in [2.05, 4.69) is 5.32 Å². The average Bonchev–Trinajstić information content (AvgIpc) is 3.05. The summed E-state index contributed by atoms with van der Waals surface area (Å²) in [5.74, 6) is 2.46. The maximum atomic E-state index is 6.13. The third-order valence-electron chi connectivity index (χ3n) is 3.48. The highest BCUT2D eigenvalue weighted by molar-refractivity contribution is 6.32. The molecule has 1 aromatic rings. The van der Waals surface area contributed by atoms with Gasteiger partial charge in [0.25, 0.3) is 0 Å². The van der Waals surface area contributed by atoms with Crippen LogP contribution < -0.4 is 14.8 Å². The van der Waals surface area contributed by atoms with Gasteiger partial charge >= 0.3 is 0 Å². The lowest BCUT2D eigenvalue weighted by atomic mass is 10.2. The van der Waals surface area contributed by atoms with Crippen LogP contribution in [0.3, 0.4) is 0 Å². The monoisotopic (exact) mass is 267 g/mol. The Hall–Kier alpha value is -0.930. The molecule has 0 aromatic heterocycles. The highest BCUT2D eigenvalue weighted by Crippen LogP contribution is 2.39. The minimum Gasteiger partial charge on any atom is -0.454 e. The largest absolute Gasteiger partial charge is 0.454 e. The number of halogens is 1. The van der Waals surface area contributed by atoms with Crippen molar-refractivity contribution in [2.24, 2.45) is 5.92 Å². The molecule has 1 saturated carbocycles. The molecule has 18 heavy (non-hydrogen) atoms. The molecule has 3 rings (SSSR count). The zero-order valence-electron chi connectivity index (χ0n) is 10.4. The smallest absolute Gasteiger partial charge is 0.231 e. The van der Waals surface area contributed by atoms with Crippen molar-refractivity contribution in [3.05, 3.63) is 22.7 Å². The molecule has 2 aliphatic rings. The molecule has 0 atom stereocenters. The lowest BCUT2D eigenvalue weighted by Crippen LogP contribution is -2.14. The number of fused-ring (bicyclic) bond motifs is 1. The zero-order valence-corrected chi connectivity index (χ0v) is 11.1. The fourth-order valence-corrected chi connectivity index (χ4v) is 2.57. The standard InChI is InChI=1S/C14H18ClNO2/c15-12-6-11(7-13-14(12)18-9-17-13)8-16-5-1-2-10-3-4-10/h6-7,10,16H,1-5,8-9H2. The molecule has 3 nitrogen and oxygen atoms in total. The topological polar surface area (TPSA) is 30.5 Å². The van der Waals surface area contributed by atoms with Crippen LogP contribution in [-0.2, 0) is 6.54 Å². The number of hydrogen-bond donors (Lipinski definition) is 1. The van der Waals surface area contributed by atoms with E-state index in [0.717, 1.165) is 30.3 Å². The van der Waals surface area contributed by atoms with Gasteiger partial charge in [-0.2, -0.15) is 0 Å². The van der Waals surface area contributed by atoms with Gasteiger partial charge in [-0.15, -0.1) is 0 Å². The van der Waals surface area contributed by atoms with Crippen molar-refractivity contribution in [1.82, 2.24) is 5.32 Å². The van der Waals surface area contributed by atoms with Crippen molar-refractivity contribution in [3.8, 4) is 11.5 Å². The van der Waals surface area contributed by atoms with Gasteiger partial charge in [-0.25, -0.2) is 0 Å². The highest BCUT2D eigenvalue weighted by Gasteiger charge is 2.20. The molecule has 0 radical (unpaired) electrons. The van der Waals surface area contributed by atoms with E-state index in [1.165, 1.54) is 25.7 Å². The third kappa shape index (κ3) is 2.90. The molecule has 4 heteroatoms. The van der Waals surface area contributed by atoms with Gasteiger partial charge in [0, 0.05) is 6.54 Å². The Bertz CT molecular complexity index is 432. The fourth-order valence-electron chi connectivity index (χ4n) is 2.28. The van der Waals surface area contributed by atoms with Crippen LogP contribution in [0.25, 0.3) is 0 Å². The molecule has 1 N–H and O–H groups in total. The number of benzene rings is 1. The number of nitrogens with one attached hydrogen (secondary N) is 1. The summed E-state index contributed by atoms with van der Waals surface area (Å²) < 4.78 is 10.6. The second kappa shape index (κ2) is 5.37. The van der Waals surface area contributed by atoms with Gasteiger partial charge in [-0.3, -0.25) is 0 Å². The van der Waals surface area contributed by atoms with Crippen molar-refractivity contribution in [2.75, 3.05) is 13.3 Å². The summed E-state index contributed by atoms with van der Waals surface area (Å²) >= 11 is 6.13. The van der Waals surface area contributed by atoms with Crippen LogP contribution in [0.1, 0.15) is 31.2 Å². The molecule has 0 saturated heterocycles.